The van der Waals surface area contributed by atoms with Gasteiger partial charge in [-0.2, -0.15) is 0 Å². The average Bonchev–Trinajstić information content (AvgIpc) is 2.82. The second-order valence-corrected chi connectivity index (χ2v) is 9.65. The van der Waals surface area contributed by atoms with Gasteiger partial charge in [-0.05, 0) is 58.1 Å². The number of pyridine rings is 1. The third-order valence-electron chi connectivity index (χ3n) is 5.72. The van der Waals surface area contributed by atoms with Crippen molar-refractivity contribution < 1.29 is 19.1 Å². The fraction of sp³-hybridized carbons (Fsp3) is 0.519. The molecule has 3 rings (SSSR count). The number of aromatic nitrogens is 1. The van der Waals surface area contributed by atoms with Crippen LogP contribution in [-0.4, -0.2) is 40.8 Å². The van der Waals surface area contributed by atoms with E-state index in [9.17, 15) is 9.59 Å². The molecule has 2 heterocycles. The van der Waals surface area contributed by atoms with E-state index < -0.39 is 11.7 Å². The van der Waals surface area contributed by atoms with Crippen molar-refractivity contribution in [3.63, 3.8) is 0 Å². The van der Waals surface area contributed by atoms with Crippen LogP contribution < -0.4 is 4.90 Å². The van der Waals surface area contributed by atoms with Crippen molar-refractivity contribution in [3.8, 4) is 0 Å². The highest BCUT2D eigenvalue weighted by Crippen LogP contribution is 2.36. The van der Waals surface area contributed by atoms with Crippen molar-refractivity contribution in [2.24, 2.45) is 0 Å². The number of amides is 2. The van der Waals surface area contributed by atoms with Crippen LogP contribution in [0.25, 0.3) is 0 Å². The van der Waals surface area contributed by atoms with Gasteiger partial charge >= 0.3 is 12.2 Å². The molecule has 0 aliphatic carbocycles. The van der Waals surface area contributed by atoms with Gasteiger partial charge in [0.2, 0.25) is 0 Å². The summed E-state index contributed by atoms with van der Waals surface area (Å²) in [5, 5.41) is 0. The first-order valence-corrected chi connectivity index (χ1v) is 12.2. The lowest BCUT2D eigenvalue weighted by atomic mass is 9.95. The third kappa shape index (κ3) is 6.95. The van der Waals surface area contributed by atoms with Crippen molar-refractivity contribution in [1.82, 2.24) is 9.88 Å². The zero-order chi connectivity index (χ0) is 24.6. The van der Waals surface area contributed by atoms with Crippen molar-refractivity contribution in [2.45, 2.75) is 78.0 Å². The highest BCUT2D eigenvalue weighted by molar-refractivity contribution is 5.87. The van der Waals surface area contributed by atoms with Gasteiger partial charge in [0.15, 0.2) is 0 Å². The van der Waals surface area contributed by atoms with E-state index in [1.807, 2.05) is 63.2 Å². The molecule has 2 aromatic rings. The summed E-state index contributed by atoms with van der Waals surface area (Å²) >= 11 is 0. The monoisotopic (exact) mass is 467 g/mol. The van der Waals surface area contributed by atoms with E-state index in [-0.39, 0.29) is 18.7 Å². The zero-order valence-corrected chi connectivity index (χ0v) is 20.8. The van der Waals surface area contributed by atoms with Crippen molar-refractivity contribution in [2.75, 3.05) is 18.0 Å². The van der Waals surface area contributed by atoms with Crippen LogP contribution in [0.1, 0.15) is 77.0 Å². The van der Waals surface area contributed by atoms with Gasteiger partial charge in [-0.3, -0.25) is 4.90 Å². The van der Waals surface area contributed by atoms with Crippen LogP contribution in [0.4, 0.5) is 15.4 Å². The summed E-state index contributed by atoms with van der Waals surface area (Å²) in [4.78, 5) is 34.2. The van der Waals surface area contributed by atoms with E-state index in [1.165, 1.54) is 0 Å². The molecule has 1 atom stereocenters. The van der Waals surface area contributed by atoms with E-state index in [0.717, 1.165) is 43.2 Å². The summed E-state index contributed by atoms with van der Waals surface area (Å²) in [7, 11) is 0. The van der Waals surface area contributed by atoms with Gasteiger partial charge in [0.05, 0.1) is 6.04 Å². The summed E-state index contributed by atoms with van der Waals surface area (Å²) in [5.41, 5.74) is 1.18. The molecule has 184 valence electrons. The van der Waals surface area contributed by atoms with Crippen LogP contribution in [0, 0.1) is 0 Å². The summed E-state index contributed by atoms with van der Waals surface area (Å²) in [6, 6.07) is 13.3. The summed E-state index contributed by atoms with van der Waals surface area (Å²) in [6.07, 6.45) is 5.36. The number of carbonyl (C=O) groups is 2. The number of nitrogens with zero attached hydrogens (tertiary/aromatic N) is 3. The first kappa shape index (κ1) is 25.5. The lowest BCUT2D eigenvalue weighted by Gasteiger charge is -2.37. The van der Waals surface area contributed by atoms with Gasteiger partial charge in [-0.1, -0.05) is 49.7 Å². The lowest BCUT2D eigenvalue weighted by molar-refractivity contribution is 0.0577. The van der Waals surface area contributed by atoms with Gasteiger partial charge < -0.3 is 14.4 Å². The summed E-state index contributed by atoms with van der Waals surface area (Å²) in [6.45, 7) is 8.98. The summed E-state index contributed by atoms with van der Waals surface area (Å²) in [5.74, 6) is 0.554. The minimum Gasteiger partial charge on any atom is -0.445 e. The molecule has 0 spiro atoms. The van der Waals surface area contributed by atoms with Crippen LogP contribution in [-0.2, 0) is 16.1 Å². The molecule has 0 saturated carbocycles. The molecule has 34 heavy (non-hydrogen) atoms. The Morgan fingerprint density at radius 1 is 1.12 bits per heavy atom. The topological polar surface area (TPSA) is 72.0 Å². The standard InChI is InChI=1S/C27H37N3O4/c1-5-6-18-30(26(32)34-27(2,3)4)24-22(15-12-17-28-24)23-16-10-11-19-29(23)25(31)33-20-21-13-8-7-9-14-21/h7-9,12-15,17,23H,5-6,10-11,16,18-20H2,1-4H3/t23-/m0/s1. The number of anilines is 1. The Hall–Kier alpha value is -3.09. The molecule has 1 fully saturated rings. The predicted octanol–water partition coefficient (Wildman–Crippen LogP) is 6.49. The molecule has 7 nitrogen and oxygen atoms in total. The Bertz CT molecular complexity index is 942. The fourth-order valence-electron chi connectivity index (χ4n) is 4.09. The number of hydrogen-bond acceptors (Lipinski definition) is 5. The largest absolute Gasteiger partial charge is 0.445 e. The highest BCUT2D eigenvalue weighted by Gasteiger charge is 2.34. The Morgan fingerprint density at radius 3 is 2.59 bits per heavy atom. The zero-order valence-electron chi connectivity index (χ0n) is 20.8. The molecule has 7 heteroatoms. The maximum Gasteiger partial charge on any atom is 0.416 e. The molecule has 1 aliphatic rings. The maximum absolute atomic E-state index is 13.1. The van der Waals surface area contributed by atoms with E-state index in [4.69, 9.17) is 9.47 Å². The maximum atomic E-state index is 13.1. The van der Waals surface area contributed by atoms with Crippen LogP contribution >= 0.6 is 0 Å². The SMILES string of the molecule is CCCCN(C(=O)OC(C)(C)C)c1ncccc1[C@@H]1CCCCN1C(=O)OCc1ccccc1. The molecule has 1 aromatic carbocycles. The molecule has 0 unspecified atom stereocenters. The number of piperidine rings is 1. The molecule has 1 aromatic heterocycles. The fourth-order valence-corrected chi connectivity index (χ4v) is 4.09. The molecule has 0 bridgehead atoms. The predicted molar refractivity (Wildman–Crippen MR) is 133 cm³/mol. The average molecular weight is 468 g/mol. The van der Waals surface area contributed by atoms with Crippen molar-refractivity contribution in [1.29, 1.82) is 0 Å². The minimum atomic E-state index is -0.616. The third-order valence-corrected chi connectivity index (χ3v) is 5.72. The highest BCUT2D eigenvalue weighted by atomic mass is 16.6. The smallest absolute Gasteiger partial charge is 0.416 e. The van der Waals surface area contributed by atoms with Crippen LogP contribution in [0.5, 0.6) is 0 Å². The molecule has 2 amide bonds. The Balaban J connectivity index is 1.86. The number of ether oxygens (including phenoxy) is 2. The molecular formula is C27H37N3O4. The quantitative estimate of drug-likeness (QED) is 0.465. The van der Waals surface area contributed by atoms with Gasteiger partial charge in [0.1, 0.15) is 18.0 Å². The first-order chi connectivity index (χ1) is 16.3. The number of hydrogen-bond donors (Lipinski definition) is 0. The summed E-state index contributed by atoms with van der Waals surface area (Å²) < 4.78 is 11.4. The lowest BCUT2D eigenvalue weighted by Crippen LogP contribution is -2.42. The van der Waals surface area contributed by atoms with E-state index in [0.29, 0.717) is 18.9 Å². The van der Waals surface area contributed by atoms with E-state index in [2.05, 4.69) is 11.9 Å². The first-order valence-electron chi connectivity index (χ1n) is 12.2. The van der Waals surface area contributed by atoms with Crippen molar-refractivity contribution >= 4 is 18.0 Å². The Labute approximate surface area is 203 Å². The van der Waals surface area contributed by atoms with Crippen LogP contribution in [0.2, 0.25) is 0 Å². The number of carbonyl (C=O) groups excluding carboxylic acids is 2. The minimum absolute atomic E-state index is 0.215. The van der Waals surface area contributed by atoms with Gasteiger partial charge in [0.25, 0.3) is 0 Å². The molecule has 0 radical (unpaired) electrons. The second kappa shape index (κ2) is 11.9. The molecule has 1 saturated heterocycles. The second-order valence-electron chi connectivity index (χ2n) is 9.65. The molecule has 0 N–H and O–H groups in total. The van der Waals surface area contributed by atoms with Crippen molar-refractivity contribution in [3.05, 3.63) is 59.8 Å². The number of likely N-dealkylation sites (tertiary alicyclic amines) is 1. The Morgan fingerprint density at radius 2 is 1.88 bits per heavy atom. The number of unbranched alkanes of at least 4 members (excludes halogenated alkanes) is 1. The number of benzene rings is 1. The Kier molecular flexibility index (Phi) is 8.91. The van der Waals surface area contributed by atoms with Gasteiger partial charge in [-0.25, -0.2) is 14.6 Å². The van der Waals surface area contributed by atoms with Gasteiger partial charge in [-0.15, -0.1) is 0 Å². The molecule has 1 aliphatic heterocycles. The molecular weight excluding hydrogens is 430 g/mol. The van der Waals surface area contributed by atoms with Gasteiger partial charge in [0, 0.05) is 24.8 Å². The van der Waals surface area contributed by atoms with E-state index in [1.54, 1.807) is 16.0 Å². The van der Waals surface area contributed by atoms with Crippen LogP contribution in [0.15, 0.2) is 48.7 Å². The number of rotatable bonds is 7. The van der Waals surface area contributed by atoms with Crippen LogP contribution in [0.3, 0.4) is 0 Å². The normalized spacial score (nSPS) is 16.1. The van der Waals surface area contributed by atoms with E-state index >= 15 is 0 Å².